The summed E-state index contributed by atoms with van der Waals surface area (Å²) >= 11 is 7.97. The van der Waals surface area contributed by atoms with Crippen LogP contribution in [0.4, 0.5) is 11.5 Å². The van der Waals surface area contributed by atoms with Crippen molar-refractivity contribution in [1.82, 2.24) is 4.98 Å². The normalized spacial score (nSPS) is 10.1. The first kappa shape index (κ1) is 13.1. The van der Waals surface area contributed by atoms with Crippen molar-refractivity contribution in [2.75, 3.05) is 5.32 Å². The van der Waals surface area contributed by atoms with E-state index in [1.54, 1.807) is 0 Å². The van der Waals surface area contributed by atoms with Crippen LogP contribution in [0.3, 0.4) is 0 Å². The molecular formula is C12H8ClIN2O2. The van der Waals surface area contributed by atoms with E-state index in [2.05, 4.69) is 32.9 Å². The zero-order valence-corrected chi connectivity index (χ0v) is 11.9. The number of anilines is 2. The average Bonchev–Trinajstić information content (AvgIpc) is 2.31. The number of hydrogen-bond acceptors (Lipinski definition) is 3. The Balaban J connectivity index is 2.28. The molecule has 6 heteroatoms. The molecule has 1 aromatic heterocycles. The highest BCUT2D eigenvalue weighted by Gasteiger charge is 2.07. The van der Waals surface area contributed by atoms with Crippen molar-refractivity contribution in [2.24, 2.45) is 0 Å². The van der Waals surface area contributed by atoms with Crippen LogP contribution in [0, 0.1) is 3.57 Å². The maximum Gasteiger partial charge on any atom is 0.335 e. The average molecular weight is 375 g/mol. The molecule has 0 amide bonds. The Morgan fingerprint density at radius 1 is 1.28 bits per heavy atom. The predicted molar refractivity (Wildman–Crippen MR) is 78.6 cm³/mol. The number of nitrogens with one attached hydrogen (secondary N) is 1. The third kappa shape index (κ3) is 3.33. The van der Waals surface area contributed by atoms with Crippen LogP contribution in [0.2, 0.25) is 5.15 Å². The summed E-state index contributed by atoms with van der Waals surface area (Å²) in [5.41, 5.74) is 0.921. The molecule has 0 spiro atoms. The van der Waals surface area contributed by atoms with Crippen molar-refractivity contribution < 1.29 is 9.90 Å². The Hall–Kier alpha value is -1.34. The maximum absolute atomic E-state index is 10.9. The molecule has 2 aromatic rings. The lowest BCUT2D eigenvalue weighted by Crippen LogP contribution is -2.00. The second-order valence-corrected chi connectivity index (χ2v) is 5.13. The molecule has 18 heavy (non-hydrogen) atoms. The largest absolute Gasteiger partial charge is 0.478 e. The van der Waals surface area contributed by atoms with Gasteiger partial charge < -0.3 is 10.4 Å². The van der Waals surface area contributed by atoms with Gasteiger partial charge >= 0.3 is 5.97 Å². The molecule has 0 saturated carbocycles. The quantitative estimate of drug-likeness (QED) is 0.634. The predicted octanol–water partition coefficient (Wildman–Crippen LogP) is 3.78. The smallest absolute Gasteiger partial charge is 0.335 e. The molecular weight excluding hydrogens is 367 g/mol. The number of nitrogens with zero attached hydrogens (tertiary/aromatic N) is 1. The van der Waals surface area contributed by atoms with Gasteiger partial charge in [-0.05, 0) is 59.0 Å². The highest BCUT2D eigenvalue weighted by atomic mass is 127. The van der Waals surface area contributed by atoms with Crippen LogP contribution in [0.1, 0.15) is 10.4 Å². The molecule has 0 radical (unpaired) electrons. The van der Waals surface area contributed by atoms with E-state index in [4.69, 9.17) is 16.7 Å². The topological polar surface area (TPSA) is 62.2 Å². The lowest BCUT2D eigenvalue weighted by Gasteiger charge is -2.07. The molecule has 0 fully saturated rings. The van der Waals surface area contributed by atoms with Crippen molar-refractivity contribution in [3.05, 3.63) is 50.7 Å². The van der Waals surface area contributed by atoms with Gasteiger partial charge in [0.2, 0.25) is 0 Å². The van der Waals surface area contributed by atoms with Gasteiger partial charge in [-0.2, -0.15) is 0 Å². The summed E-state index contributed by atoms with van der Waals surface area (Å²) in [6, 6.07) is 10.4. The summed E-state index contributed by atoms with van der Waals surface area (Å²) in [4.78, 5) is 14.9. The van der Waals surface area contributed by atoms with Crippen molar-refractivity contribution in [2.45, 2.75) is 0 Å². The molecule has 0 saturated heterocycles. The summed E-state index contributed by atoms with van der Waals surface area (Å²) in [5, 5.41) is 12.1. The third-order valence-electron chi connectivity index (χ3n) is 2.16. The molecule has 0 atom stereocenters. The van der Waals surface area contributed by atoms with Crippen molar-refractivity contribution in [3.63, 3.8) is 0 Å². The second-order valence-electron chi connectivity index (χ2n) is 3.50. The molecule has 1 aromatic carbocycles. The Labute approximate surface area is 122 Å². The SMILES string of the molecule is O=C(O)c1cc(Cl)nc(Nc2ccc(I)cc2)c1. The van der Waals surface area contributed by atoms with E-state index < -0.39 is 5.97 Å². The van der Waals surface area contributed by atoms with Crippen LogP contribution in [0.5, 0.6) is 0 Å². The Morgan fingerprint density at radius 3 is 2.56 bits per heavy atom. The third-order valence-corrected chi connectivity index (χ3v) is 3.07. The number of carboxylic acid groups (broad SMARTS) is 1. The number of carbonyl (C=O) groups is 1. The van der Waals surface area contributed by atoms with E-state index in [1.807, 2.05) is 24.3 Å². The van der Waals surface area contributed by atoms with Gasteiger partial charge in [-0.1, -0.05) is 11.6 Å². The van der Waals surface area contributed by atoms with E-state index in [-0.39, 0.29) is 10.7 Å². The number of halogens is 2. The molecule has 2 N–H and O–H groups in total. The molecule has 4 nitrogen and oxygen atoms in total. The standard InChI is InChI=1S/C12H8ClIN2O2/c13-10-5-7(12(17)18)6-11(16-10)15-9-3-1-8(14)2-4-9/h1-6H,(H,15,16)(H,17,18). The molecule has 0 aliphatic rings. The van der Waals surface area contributed by atoms with Crippen molar-refractivity contribution >= 4 is 51.7 Å². The number of pyridine rings is 1. The van der Waals surface area contributed by atoms with Gasteiger partial charge in [0.05, 0.1) is 5.56 Å². The van der Waals surface area contributed by atoms with Gasteiger partial charge in [-0.15, -0.1) is 0 Å². The van der Waals surface area contributed by atoms with Crippen LogP contribution in [-0.2, 0) is 0 Å². The molecule has 0 unspecified atom stereocenters. The van der Waals surface area contributed by atoms with Crippen LogP contribution < -0.4 is 5.32 Å². The highest BCUT2D eigenvalue weighted by molar-refractivity contribution is 14.1. The monoisotopic (exact) mass is 374 g/mol. The molecule has 92 valence electrons. The minimum atomic E-state index is -1.04. The fraction of sp³-hybridized carbons (Fsp3) is 0. The minimum absolute atomic E-state index is 0.100. The maximum atomic E-state index is 10.9. The fourth-order valence-electron chi connectivity index (χ4n) is 1.37. The van der Waals surface area contributed by atoms with E-state index >= 15 is 0 Å². The molecule has 0 aliphatic carbocycles. The van der Waals surface area contributed by atoms with Gasteiger partial charge in [-0.3, -0.25) is 0 Å². The zero-order chi connectivity index (χ0) is 13.1. The van der Waals surface area contributed by atoms with Gasteiger partial charge in [0.1, 0.15) is 11.0 Å². The molecule has 2 rings (SSSR count). The summed E-state index contributed by atoms with van der Waals surface area (Å²) < 4.78 is 1.11. The second kappa shape index (κ2) is 5.53. The number of carboxylic acids is 1. The van der Waals surface area contributed by atoms with E-state index in [0.717, 1.165) is 9.26 Å². The lowest BCUT2D eigenvalue weighted by molar-refractivity contribution is 0.0697. The van der Waals surface area contributed by atoms with Crippen molar-refractivity contribution in [3.8, 4) is 0 Å². The van der Waals surface area contributed by atoms with Crippen LogP contribution in [0.15, 0.2) is 36.4 Å². The number of aromatic carboxylic acids is 1. The molecule has 0 aliphatic heterocycles. The first-order chi connectivity index (χ1) is 8.54. The minimum Gasteiger partial charge on any atom is -0.478 e. The first-order valence-corrected chi connectivity index (χ1v) is 6.44. The Kier molecular flexibility index (Phi) is 4.03. The number of benzene rings is 1. The summed E-state index contributed by atoms with van der Waals surface area (Å²) in [6.45, 7) is 0. The number of aromatic nitrogens is 1. The zero-order valence-electron chi connectivity index (χ0n) is 9.02. The van der Waals surface area contributed by atoms with Crippen LogP contribution in [0.25, 0.3) is 0 Å². The number of rotatable bonds is 3. The number of hydrogen-bond donors (Lipinski definition) is 2. The van der Waals surface area contributed by atoms with Crippen LogP contribution in [-0.4, -0.2) is 16.1 Å². The molecule has 1 heterocycles. The first-order valence-electron chi connectivity index (χ1n) is 4.98. The van der Waals surface area contributed by atoms with Crippen molar-refractivity contribution in [1.29, 1.82) is 0 Å². The Bertz CT molecular complexity index is 587. The summed E-state index contributed by atoms with van der Waals surface area (Å²) in [7, 11) is 0. The molecule has 0 bridgehead atoms. The fourth-order valence-corrected chi connectivity index (χ4v) is 1.93. The highest BCUT2D eigenvalue weighted by Crippen LogP contribution is 2.20. The van der Waals surface area contributed by atoms with Gasteiger partial charge in [0, 0.05) is 9.26 Å². The van der Waals surface area contributed by atoms with Gasteiger partial charge in [0.25, 0.3) is 0 Å². The summed E-state index contributed by atoms with van der Waals surface area (Å²) in [6.07, 6.45) is 0. The lowest BCUT2D eigenvalue weighted by atomic mass is 10.2. The van der Waals surface area contributed by atoms with E-state index in [9.17, 15) is 4.79 Å². The van der Waals surface area contributed by atoms with E-state index in [1.165, 1.54) is 12.1 Å². The summed E-state index contributed by atoms with van der Waals surface area (Å²) in [5.74, 6) is -0.633. The van der Waals surface area contributed by atoms with Gasteiger partial charge in [-0.25, -0.2) is 9.78 Å². The Morgan fingerprint density at radius 2 is 1.94 bits per heavy atom. The van der Waals surface area contributed by atoms with E-state index in [0.29, 0.717) is 5.82 Å². The van der Waals surface area contributed by atoms with Crippen LogP contribution >= 0.6 is 34.2 Å². The van der Waals surface area contributed by atoms with Gasteiger partial charge in [0.15, 0.2) is 0 Å².